The van der Waals surface area contributed by atoms with E-state index in [9.17, 15) is 8.42 Å². The van der Waals surface area contributed by atoms with Gasteiger partial charge in [-0.1, -0.05) is 30.3 Å². The molecule has 2 heterocycles. The normalized spacial score (nSPS) is 17.0. The van der Waals surface area contributed by atoms with Crippen LogP contribution < -0.4 is 14.8 Å². The summed E-state index contributed by atoms with van der Waals surface area (Å²) in [4.78, 5) is 2.23. The van der Waals surface area contributed by atoms with Crippen LogP contribution in [0, 0.1) is 0 Å². The van der Waals surface area contributed by atoms with Crippen LogP contribution in [-0.2, 0) is 16.6 Å². The van der Waals surface area contributed by atoms with Gasteiger partial charge in [0.2, 0.25) is 10.0 Å². The number of sulfonamides is 1. The van der Waals surface area contributed by atoms with Gasteiger partial charge in [-0.2, -0.15) is 4.31 Å². The van der Waals surface area contributed by atoms with Crippen LogP contribution in [0.4, 0.5) is 0 Å². The number of benzene rings is 2. The lowest BCUT2D eigenvalue weighted by atomic mass is 10.2. The first-order valence-corrected chi connectivity index (χ1v) is 11.4. The number of fused-ring (bicyclic) bond motifs is 1. The maximum atomic E-state index is 13.0. The topological polar surface area (TPSA) is 71.1 Å². The summed E-state index contributed by atoms with van der Waals surface area (Å²) in [5.74, 6) is 1.05. The summed E-state index contributed by atoms with van der Waals surface area (Å²) in [6, 6.07) is 14.8. The second-order valence-corrected chi connectivity index (χ2v) is 9.17. The summed E-state index contributed by atoms with van der Waals surface area (Å²) in [6.07, 6.45) is 0. The molecule has 0 amide bonds. The number of nitrogens with one attached hydrogen (secondary N) is 1. The maximum absolute atomic E-state index is 13.0. The molecule has 0 atom stereocenters. The van der Waals surface area contributed by atoms with E-state index < -0.39 is 10.0 Å². The van der Waals surface area contributed by atoms with E-state index in [-0.39, 0.29) is 4.90 Å². The van der Waals surface area contributed by atoms with Crippen LogP contribution in [-0.4, -0.2) is 62.1 Å². The Hall–Kier alpha value is -2.36. The van der Waals surface area contributed by atoms with Gasteiger partial charge in [-0.25, -0.2) is 8.42 Å². The molecule has 29 heavy (non-hydrogen) atoms. The first-order chi connectivity index (χ1) is 14.0. The lowest BCUT2D eigenvalue weighted by Gasteiger charge is -2.35. The summed E-state index contributed by atoms with van der Waals surface area (Å²) in [5.41, 5.74) is 1.15. The summed E-state index contributed by atoms with van der Waals surface area (Å²) in [7, 11) is -3.59. The average molecular weight is 434 g/mol. The third-order valence-electron chi connectivity index (χ3n) is 4.96. The standard InChI is InChI=1S/C20H23N3O4S2/c24-29(25,17-6-7-18-19(14-17)27-13-12-26-18)23-10-8-22(9-11-23)20(28)21-15-16-4-2-1-3-5-16/h1-7,14H,8-13,15H2,(H,21,28). The highest BCUT2D eigenvalue weighted by Crippen LogP contribution is 2.33. The molecule has 0 radical (unpaired) electrons. The van der Waals surface area contributed by atoms with Crippen molar-refractivity contribution in [2.75, 3.05) is 39.4 Å². The van der Waals surface area contributed by atoms with Crippen molar-refractivity contribution >= 4 is 27.4 Å². The van der Waals surface area contributed by atoms with Gasteiger partial charge in [-0.15, -0.1) is 0 Å². The fourth-order valence-electron chi connectivity index (χ4n) is 3.35. The molecular formula is C20H23N3O4S2. The molecule has 9 heteroatoms. The van der Waals surface area contributed by atoms with Crippen molar-refractivity contribution in [3.05, 3.63) is 54.1 Å². The van der Waals surface area contributed by atoms with Gasteiger partial charge in [-0.05, 0) is 29.9 Å². The molecule has 2 aromatic rings. The zero-order chi connectivity index (χ0) is 20.3. The molecule has 4 rings (SSSR count). The first-order valence-electron chi connectivity index (χ1n) is 9.50. The SMILES string of the molecule is O=S(=O)(c1ccc2c(c1)OCCO2)N1CCN(C(=S)NCc2ccccc2)CC1. The first kappa shape index (κ1) is 19.9. The summed E-state index contributed by atoms with van der Waals surface area (Å²) < 4.78 is 38.5. The maximum Gasteiger partial charge on any atom is 0.243 e. The summed E-state index contributed by atoms with van der Waals surface area (Å²) in [6.45, 7) is 3.39. The molecule has 0 aromatic heterocycles. The number of rotatable bonds is 4. The monoisotopic (exact) mass is 433 g/mol. The van der Waals surface area contributed by atoms with Crippen LogP contribution >= 0.6 is 12.2 Å². The van der Waals surface area contributed by atoms with Gasteiger partial charge in [0.25, 0.3) is 0 Å². The largest absolute Gasteiger partial charge is 0.486 e. The van der Waals surface area contributed by atoms with Gasteiger partial charge >= 0.3 is 0 Å². The Kier molecular flexibility index (Phi) is 5.89. The van der Waals surface area contributed by atoms with Crippen molar-refractivity contribution < 1.29 is 17.9 Å². The van der Waals surface area contributed by atoms with Crippen molar-refractivity contribution in [1.82, 2.24) is 14.5 Å². The highest BCUT2D eigenvalue weighted by atomic mass is 32.2. The Labute approximate surface area is 176 Å². The lowest BCUT2D eigenvalue weighted by Crippen LogP contribution is -2.52. The number of thiocarbonyl (C=S) groups is 1. The minimum absolute atomic E-state index is 0.222. The Morgan fingerprint density at radius 2 is 1.66 bits per heavy atom. The van der Waals surface area contributed by atoms with Crippen LogP contribution in [0.25, 0.3) is 0 Å². The van der Waals surface area contributed by atoms with Gasteiger partial charge in [0.05, 0.1) is 4.90 Å². The van der Waals surface area contributed by atoms with Gasteiger partial charge < -0.3 is 19.7 Å². The van der Waals surface area contributed by atoms with E-state index in [1.807, 2.05) is 35.2 Å². The number of hydrogen-bond donors (Lipinski definition) is 1. The Bertz CT molecular complexity index is 974. The Morgan fingerprint density at radius 1 is 0.966 bits per heavy atom. The highest BCUT2D eigenvalue weighted by Gasteiger charge is 2.30. The molecule has 2 aliphatic rings. The molecule has 1 fully saturated rings. The number of hydrogen-bond acceptors (Lipinski definition) is 5. The zero-order valence-corrected chi connectivity index (χ0v) is 17.5. The molecule has 2 aromatic carbocycles. The van der Waals surface area contributed by atoms with Gasteiger partial charge in [0.15, 0.2) is 16.6 Å². The quantitative estimate of drug-likeness (QED) is 0.738. The van der Waals surface area contributed by atoms with E-state index in [0.717, 1.165) is 5.56 Å². The van der Waals surface area contributed by atoms with Crippen LogP contribution in [0.5, 0.6) is 11.5 Å². The third-order valence-corrected chi connectivity index (χ3v) is 7.26. The fourth-order valence-corrected chi connectivity index (χ4v) is 5.04. The predicted octanol–water partition coefficient (Wildman–Crippen LogP) is 1.84. The molecule has 154 valence electrons. The molecule has 0 bridgehead atoms. The molecule has 2 aliphatic heterocycles. The minimum atomic E-state index is -3.59. The zero-order valence-electron chi connectivity index (χ0n) is 15.9. The van der Waals surface area contributed by atoms with Gasteiger partial charge in [0, 0.05) is 38.8 Å². The lowest BCUT2D eigenvalue weighted by molar-refractivity contribution is 0.171. The van der Waals surface area contributed by atoms with Crippen molar-refractivity contribution in [3.63, 3.8) is 0 Å². The van der Waals surface area contributed by atoms with E-state index in [2.05, 4.69) is 5.32 Å². The second-order valence-electron chi connectivity index (χ2n) is 6.84. The molecule has 1 N–H and O–H groups in total. The molecule has 1 saturated heterocycles. The van der Waals surface area contributed by atoms with Gasteiger partial charge in [0.1, 0.15) is 13.2 Å². The van der Waals surface area contributed by atoms with Crippen LogP contribution in [0.2, 0.25) is 0 Å². The molecule has 7 nitrogen and oxygen atoms in total. The molecule has 0 aliphatic carbocycles. The molecular weight excluding hydrogens is 410 g/mol. The Morgan fingerprint density at radius 3 is 2.38 bits per heavy atom. The van der Waals surface area contributed by atoms with Crippen LogP contribution in [0.1, 0.15) is 5.56 Å². The fraction of sp³-hybridized carbons (Fsp3) is 0.350. The Balaban J connectivity index is 1.35. The smallest absolute Gasteiger partial charge is 0.243 e. The summed E-state index contributed by atoms with van der Waals surface area (Å²) in [5, 5.41) is 3.89. The van der Waals surface area contributed by atoms with Crippen molar-refractivity contribution in [2.24, 2.45) is 0 Å². The van der Waals surface area contributed by atoms with Crippen molar-refractivity contribution in [1.29, 1.82) is 0 Å². The van der Waals surface area contributed by atoms with Crippen LogP contribution in [0.15, 0.2) is 53.4 Å². The number of piperazine rings is 1. The third kappa shape index (κ3) is 4.47. The second kappa shape index (κ2) is 8.56. The van der Waals surface area contributed by atoms with E-state index >= 15 is 0 Å². The molecule has 0 saturated carbocycles. The molecule has 0 spiro atoms. The highest BCUT2D eigenvalue weighted by molar-refractivity contribution is 7.89. The predicted molar refractivity (Wildman–Crippen MR) is 114 cm³/mol. The average Bonchev–Trinajstić information content (AvgIpc) is 2.78. The number of nitrogens with zero attached hydrogens (tertiary/aromatic N) is 2. The van der Waals surface area contributed by atoms with Crippen molar-refractivity contribution in [2.45, 2.75) is 11.4 Å². The van der Waals surface area contributed by atoms with Crippen LogP contribution in [0.3, 0.4) is 0 Å². The van der Waals surface area contributed by atoms with Crippen molar-refractivity contribution in [3.8, 4) is 11.5 Å². The van der Waals surface area contributed by atoms with Gasteiger partial charge in [-0.3, -0.25) is 0 Å². The van der Waals surface area contributed by atoms with E-state index in [1.165, 1.54) is 4.31 Å². The van der Waals surface area contributed by atoms with E-state index in [0.29, 0.717) is 62.5 Å². The minimum Gasteiger partial charge on any atom is -0.486 e. The van der Waals surface area contributed by atoms with E-state index in [4.69, 9.17) is 21.7 Å². The van der Waals surface area contributed by atoms with E-state index in [1.54, 1.807) is 18.2 Å². The number of ether oxygens (including phenoxy) is 2. The summed E-state index contributed by atoms with van der Waals surface area (Å²) >= 11 is 5.48. The molecule has 0 unspecified atom stereocenters.